The molecule has 1 saturated heterocycles. The van der Waals surface area contributed by atoms with Crippen LogP contribution in [0.3, 0.4) is 0 Å². The van der Waals surface area contributed by atoms with E-state index in [1.807, 2.05) is 12.1 Å². The summed E-state index contributed by atoms with van der Waals surface area (Å²) in [5.41, 5.74) is 7.01. The molecule has 6 nitrogen and oxygen atoms in total. The fourth-order valence-corrected chi connectivity index (χ4v) is 3.07. The second kappa shape index (κ2) is 8.14. The quantitative estimate of drug-likeness (QED) is 0.886. The third-order valence-corrected chi connectivity index (χ3v) is 4.42. The normalized spacial score (nSPS) is 17.2. The highest BCUT2D eigenvalue weighted by atomic mass is 19.1. The second-order valence-corrected chi connectivity index (χ2v) is 6.22. The number of hydrogen-bond acceptors (Lipinski definition) is 5. The van der Waals surface area contributed by atoms with Gasteiger partial charge in [-0.1, -0.05) is 0 Å². The van der Waals surface area contributed by atoms with Crippen LogP contribution in [0.5, 0.6) is 5.75 Å². The molecule has 0 spiro atoms. The van der Waals surface area contributed by atoms with Crippen molar-refractivity contribution in [1.82, 2.24) is 9.88 Å². The van der Waals surface area contributed by atoms with Gasteiger partial charge in [-0.15, -0.1) is 0 Å². The van der Waals surface area contributed by atoms with Gasteiger partial charge in [0.15, 0.2) is 0 Å². The summed E-state index contributed by atoms with van der Waals surface area (Å²) in [7, 11) is 1.46. The van der Waals surface area contributed by atoms with E-state index in [1.54, 1.807) is 11.1 Å². The van der Waals surface area contributed by atoms with Crippen molar-refractivity contribution in [1.29, 1.82) is 0 Å². The number of ether oxygens (including phenoxy) is 2. The number of amides is 1. The first-order chi connectivity index (χ1) is 12.6. The largest absolute Gasteiger partial charge is 0.496 e. The van der Waals surface area contributed by atoms with Crippen molar-refractivity contribution in [3.05, 3.63) is 53.5 Å². The van der Waals surface area contributed by atoms with E-state index in [2.05, 4.69) is 4.98 Å². The molecule has 0 radical (unpaired) electrons. The Hall–Kier alpha value is -2.67. The van der Waals surface area contributed by atoms with Gasteiger partial charge in [0.1, 0.15) is 17.4 Å². The SMILES string of the molecule is COc1ccc(F)cc1C(=O)N1CCO[C@H](CCc2ccnc(N)c2)C1. The van der Waals surface area contributed by atoms with Crippen LogP contribution in [0.2, 0.25) is 0 Å². The molecule has 1 atom stereocenters. The molecule has 0 bridgehead atoms. The highest BCUT2D eigenvalue weighted by Crippen LogP contribution is 2.23. The van der Waals surface area contributed by atoms with Crippen LogP contribution in [0.25, 0.3) is 0 Å². The van der Waals surface area contributed by atoms with Gasteiger partial charge >= 0.3 is 0 Å². The maximum Gasteiger partial charge on any atom is 0.257 e. The predicted octanol–water partition coefficient (Wildman–Crippen LogP) is 2.29. The first-order valence-corrected chi connectivity index (χ1v) is 8.51. The Kier molecular flexibility index (Phi) is 5.68. The van der Waals surface area contributed by atoms with Gasteiger partial charge in [0.05, 0.1) is 25.4 Å². The number of nitrogens with zero attached hydrogens (tertiary/aromatic N) is 2. The van der Waals surface area contributed by atoms with Crippen LogP contribution in [0, 0.1) is 5.82 Å². The Morgan fingerprint density at radius 1 is 1.42 bits per heavy atom. The molecule has 2 aromatic rings. The Morgan fingerprint density at radius 2 is 2.27 bits per heavy atom. The molecule has 0 aliphatic carbocycles. The molecule has 138 valence electrons. The van der Waals surface area contributed by atoms with E-state index < -0.39 is 5.82 Å². The van der Waals surface area contributed by atoms with E-state index in [0.29, 0.717) is 31.3 Å². The van der Waals surface area contributed by atoms with Crippen molar-refractivity contribution in [3.8, 4) is 5.75 Å². The van der Waals surface area contributed by atoms with Gasteiger partial charge < -0.3 is 20.1 Å². The van der Waals surface area contributed by atoms with E-state index in [9.17, 15) is 9.18 Å². The molecular weight excluding hydrogens is 337 g/mol. The number of anilines is 1. The highest BCUT2D eigenvalue weighted by Gasteiger charge is 2.27. The zero-order chi connectivity index (χ0) is 18.5. The standard InChI is InChI=1S/C19H22FN3O3/c1-25-17-5-3-14(20)11-16(17)19(24)23-8-9-26-15(12-23)4-2-13-6-7-22-18(21)10-13/h3,5-7,10-11,15H,2,4,8-9,12H2,1H3,(H2,21,22)/t15-/m1/s1. The van der Waals surface area contributed by atoms with Crippen LogP contribution < -0.4 is 10.5 Å². The minimum absolute atomic E-state index is 0.0818. The Labute approximate surface area is 151 Å². The number of halogens is 1. The topological polar surface area (TPSA) is 77.7 Å². The van der Waals surface area contributed by atoms with Crippen LogP contribution >= 0.6 is 0 Å². The third kappa shape index (κ3) is 4.29. The summed E-state index contributed by atoms with van der Waals surface area (Å²) in [6.45, 7) is 1.38. The van der Waals surface area contributed by atoms with Gasteiger partial charge in [0.25, 0.3) is 5.91 Å². The summed E-state index contributed by atoms with van der Waals surface area (Å²) in [6, 6.07) is 7.71. The van der Waals surface area contributed by atoms with Crippen LogP contribution in [-0.2, 0) is 11.2 Å². The lowest BCUT2D eigenvalue weighted by molar-refractivity contribution is -0.0247. The number of nitrogen functional groups attached to an aromatic ring is 1. The average molecular weight is 359 g/mol. The number of rotatable bonds is 5. The Morgan fingerprint density at radius 3 is 3.04 bits per heavy atom. The molecule has 1 amide bonds. The number of benzene rings is 1. The number of methoxy groups -OCH3 is 1. The molecule has 1 aromatic carbocycles. The van der Waals surface area contributed by atoms with Crippen LogP contribution in [-0.4, -0.2) is 48.7 Å². The monoisotopic (exact) mass is 359 g/mol. The van der Waals surface area contributed by atoms with E-state index >= 15 is 0 Å². The van der Waals surface area contributed by atoms with E-state index in [4.69, 9.17) is 15.2 Å². The fourth-order valence-electron chi connectivity index (χ4n) is 3.07. The summed E-state index contributed by atoms with van der Waals surface area (Å²) < 4.78 is 24.5. The average Bonchev–Trinajstić information content (AvgIpc) is 2.66. The van der Waals surface area contributed by atoms with Crippen molar-refractivity contribution in [3.63, 3.8) is 0 Å². The van der Waals surface area contributed by atoms with Crippen molar-refractivity contribution in [2.24, 2.45) is 0 Å². The molecule has 1 fully saturated rings. The highest BCUT2D eigenvalue weighted by molar-refractivity contribution is 5.97. The fraction of sp³-hybridized carbons (Fsp3) is 0.368. The minimum Gasteiger partial charge on any atom is -0.496 e. The smallest absolute Gasteiger partial charge is 0.257 e. The lowest BCUT2D eigenvalue weighted by Crippen LogP contribution is -2.45. The molecule has 1 aliphatic heterocycles. The summed E-state index contributed by atoms with van der Waals surface area (Å²) in [5, 5.41) is 0. The Balaban J connectivity index is 1.64. The molecule has 7 heteroatoms. The molecule has 2 heterocycles. The number of pyridine rings is 1. The van der Waals surface area contributed by atoms with Gasteiger partial charge in [0, 0.05) is 19.3 Å². The Bertz CT molecular complexity index is 784. The van der Waals surface area contributed by atoms with Crippen molar-refractivity contribution >= 4 is 11.7 Å². The number of aryl methyl sites for hydroxylation is 1. The number of morpholine rings is 1. The maximum atomic E-state index is 13.6. The number of carbonyl (C=O) groups is 1. The zero-order valence-corrected chi connectivity index (χ0v) is 14.7. The van der Waals surface area contributed by atoms with Crippen LogP contribution in [0.15, 0.2) is 36.5 Å². The summed E-state index contributed by atoms with van der Waals surface area (Å²) in [4.78, 5) is 18.5. The number of hydrogen-bond donors (Lipinski definition) is 1. The third-order valence-electron chi connectivity index (χ3n) is 4.42. The van der Waals surface area contributed by atoms with Gasteiger partial charge in [-0.25, -0.2) is 9.37 Å². The summed E-state index contributed by atoms with van der Waals surface area (Å²) >= 11 is 0. The van der Waals surface area contributed by atoms with Crippen LogP contribution in [0.4, 0.5) is 10.2 Å². The first kappa shape index (κ1) is 18.1. The maximum absolute atomic E-state index is 13.6. The number of nitrogens with two attached hydrogens (primary N) is 1. The summed E-state index contributed by atoms with van der Waals surface area (Å²) in [6.07, 6.45) is 3.14. The summed E-state index contributed by atoms with van der Waals surface area (Å²) in [5.74, 6) is 0.144. The molecule has 0 unspecified atom stereocenters. The van der Waals surface area contributed by atoms with Crippen molar-refractivity contribution in [2.45, 2.75) is 18.9 Å². The number of carbonyl (C=O) groups excluding carboxylic acids is 1. The van der Waals surface area contributed by atoms with Crippen molar-refractivity contribution in [2.75, 3.05) is 32.5 Å². The molecule has 2 N–H and O–H groups in total. The predicted molar refractivity (Wildman–Crippen MR) is 95.6 cm³/mol. The number of aromatic nitrogens is 1. The molecule has 1 aromatic heterocycles. The minimum atomic E-state index is -0.464. The molecule has 0 saturated carbocycles. The molecule has 1 aliphatic rings. The van der Waals surface area contributed by atoms with Crippen LogP contribution in [0.1, 0.15) is 22.3 Å². The lowest BCUT2D eigenvalue weighted by atomic mass is 10.1. The van der Waals surface area contributed by atoms with Crippen molar-refractivity contribution < 1.29 is 18.7 Å². The zero-order valence-electron chi connectivity index (χ0n) is 14.7. The van der Waals surface area contributed by atoms with E-state index in [-0.39, 0.29) is 17.6 Å². The van der Waals surface area contributed by atoms with Gasteiger partial charge in [-0.3, -0.25) is 4.79 Å². The second-order valence-electron chi connectivity index (χ2n) is 6.22. The van der Waals surface area contributed by atoms with Gasteiger partial charge in [-0.2, -0.15) is 0 Å². The first-order valence-electron chi connectivity index (χ1n) is 8.51. The van der Waals surface area contributed by atoms with Gasteiger partial charge in [0.2, 0.25) is 0 Å². The molecular formula is C19H22FN3O3. The van der Waals surface area contributed by atoms with Gasteiger partial charge in [-0.05, 0) is 48.7 Å². The van der Waals surface area contributed by atoms with E-state index in [0.717, 1.165) is 18.4 Å². The molecule has 26 heavy (non-hydrogen) atoms. The van der Waals surface area contributed by atoms with E-state index in [1.165, 1.54) is 25.3 Å². The lowest BCUT2D eigenvalue weighted by Gasteiger charge is -2.33. The molecule has 3 rings (SSSR count).